The average Bonchev–Trinajstić information content (AvgIpc) is 3.08. The van der Waals surface area contributed by atoms with Gasteiger partial charge in [-0.15, -0.1) is 6.42 Å². The van der Waals surface area contributed by atoms with Crippen molar-refractivity contribution >= 4 is 5.91 Å². The summed E-state index contributed by atoms with van der Waals surface area (Å²) in [7, 11) is 0. The lowest BCUT2D eigenvalue weighted by atomic mass is 9.95. The molecule has 0 aromatic heterocycles. The number of terminal acetylenes is 1. The third-order valence-corrected chi connectivity index (χ3v) is 2.86. The maximum Gasteiger partial charge on any atom is 0.231 e. The van der Waals surface area contributed by atoms with Crippen LogP contribution in [0.2, 0.25) is 0 Å². The van der Waals surface area contributed by atoms with Crippen molar-refractivity contribution in [3.63, 3.8) is 0 Å². The Morgan fingerprint density at radius 2 is 2.07 bits per heavy atom. The van der Waals surface area contributed by atoms with Crippen LogP contribution in [-0.2, 0) is 10.2 Å². The molecule has 2 rings (SSSR count). The predicted octanol–water partition coefficient (Wildman–Crippen LogP) is 1.47. The standard InChI is InChI=1S/C13H13NO/c1-2-10-14-12(15)13(8-9-13)11-6-4-3-5-7-11/h1,3-7H,8-10H2,(H,14,15). The second-order valence-electron chi connectivity index (χ2n) is 3.83. The van der Waals surface area contributed by atoms with Crippen molar-refractivity contribution in [1.82, 2.24) is 5.32 Å². The first-order valence-electron chi connectivity index (χ1n) is 5.07. The zero-order chi connectivity index (χ0) is 10.7. The van der Waals surface area contributed by atoms with Crippen LogP contribution in [0, 0.1) is 12.3 Å². The molecule has 0 radical (unpaired) electrons. The number of rotatable bonds is 3. The molecule has 2 heteroatoms. The van der Waals surface area contributed by atoms with E-state index in [1.165, 1.54) is 0 Å². The molecular formula is C13H13NO. The molecule has 1 saturated carbocycles. The van der Waals surface area contributed by atoms with Gasteiger partial charge in [0.15, 0.2) is 0 Å². The molecule has 1 aliphatic carbocycles. The SMILES string of the molecule is C#CCNC(=O)C1(c2ccccc2)CC1. The number of hydrogen-bond donors (Lipinski definition) is 1. The van der Waals surface area contributed by atoms with E-state index in [0.717, 1.165) is 18.4 Å². The first-order valence-corrected chi connectivity index (χ1v) is 5.07. The third-order valence-electron chi connectivity index (χ3n) is 2.86. The van der Waals surface area contributed by atoms with Gasteiger partial charge in [0.05, 0.1) is 12.0 Å². The van der Waals surface area contributed by atoms with E-state index >= 15 is 0 Å². The summed E-state index contributed by atoms with van der Waals surface area (Å²) < 4.78 is 0. The summed E-state index contributed by atoms with van der Waals surface area (Å²) in [4.78, 5) is 11.9. The Kier molecular flexibility index (Phi) is 2.47. The number of amides is 1. The highest BCUT2D eigenvalue weighted by molar-refractivity contribution is 5.91. The smallest absolute Gasteiger partial charge is 0.231 e. The molecule has 1 aromatic carbocycles. The molecule has 0 bridgehead atoms. The monoisotopic (exact) mass is 199 g/mol. The van der Waals surface area contributed by atoms with E-state index in [0.29, 0.717) is 6.54 Å². The van der Waals surface area contributed by atoms with Crippen LogP contribution in [-0.4, -0.2) is 12.5 Å². The van der Waals surface area contributed by atoms with Crippen molar-refractivity contribution in [1.29, 1.82) is 0 Å². The van der Waals surface area contributed by atoms with E-state index in [1.807, 2.05) is 30.3 Å². The summed E-state index contributed by atoms with van der Waals surface area (Å²) in [5.41, 5.74) is 0.803. The molecule has 0 saturated heterocycles. The van der Waals surface area contributed by atoms with E-state index in [1.54, 1.807) is 0 Å². The first-order chi connectivity index (χ1) is 7.29. The van der Waals surface area contributed by atoms with Crippen molar-refractivity contribution in [2.45, 2.75) is 18.3 Å². The Bertz CT molecular complexity index is 398. The van der Waals surface area contributed by atoms with E-state index in [-0.39, 0.29) is 11.3 Å². The summed E-state index contributed by atoms with van der Waals surface area (Å²) in [5, 5.41) is 2.76. The van der Waals surface area contributed by atoms with Crippen LogP contribution in [0.4, 0.5) is 0 Å². The minimum atomic E-state index is -0.294. The third kappa shape index (κ3) is 1.73. The molecule has 0 aliphatic heterocycles. The van der Waals surface area contributed by atoms with Crippen LogP contribution < -0.4 is 5.32 Å². The molecule has 0 atom stereocenters. The van der Waals surface area contributed by atoms with Gasteiger partial charge in [-0.05, 0) is 18.4 Å². The number of carbonyl (C=O) groups excluding carboxylic acids is 1. The highest BCUT2D eigenvalue weighted by Gasteiger charge is 2.50. The summed E-state index contributed by atoms with van der Waals surface area (Å²) in [5.74, 6) is 2.48. The van der Waals surface area contributed by atoms with E-state index in [2.05, 4.69) is 11.2 Å². The first kappa shape index (κ1) is 9.79. The normalized spacial score (nSPS) is 16.5. The zero-order valence-corrected chi connectivity index (χ0v) is 8.49. The van der Waals surface area contributed by atoms with Gasteiger partial charge in [0, 0.05) is 0 Å². The van der Waals surface area contributed by atoms with Gasteiger partial charge in [0.25, 0.3) is 0 Å². The van der Waals surface area contributed by atoms with E-state index < -0.39 is 0 Å². The number of hydrogen-bond acceptors (Lipinski definition) is 1. The molecule has 1 N–H and O–H groups in total. The van der Waals surface area contributed by atoms with Crippen LogP contribution in [0.25, 0.3) is 0 Å². The highest BCUT2D eigenvalue weighted by atomic mass is 16.2. The number of nitrogens with one attached hydrogen (secondary N) is 1. The quantitative estimate of drug-likeness (QED) is 0.734. The fraction of sp³-hybridized carbons (Fsp3) is 0.308. The van der Waals surface area contributed by atoms with Crippen molar-refractivity contribution < 1.29 is 4.79 Å². The minimum absolute atomic E-state index is 0.0617. The highest BCUT2D eigenvalue weighted by Crippen LogP contribution is 2.48. The fourth-order valence-corrected chi connectivity index (χ4v) is 1.83. The summed E-state index contributed by atoms with van der Waals surface area (Å²) in [6.45, 7) is 0.313. The Labute approximate surface area is 89.7 Å². The Morgan fingerprint density at radius 3 is 2.60 bits per heavy atom. The second kappa shape index (κ2) is 3.78. The lowest BCUT2D eigenvalue weighted by molar-refractivity contribution is -0.123. The summed E-state index contributed by atoms with van der Waals surface area (Å²) in [6.07, 6.45) is 6.96. The van der Waals surface area contributed by atoms with Gasteiger partial charge in [-0.2, -0.15) is 0 Å². The van der Waals surface area contributed by atoms with Crippen LogP contribution in [0.5, 0.6) is 0 Å². The van der Waals surface area contributed by atoms with Crippen molar-refractivity contribution in [3.8, 4) is 12.3 Å². The summed E-state index contributed by atoms with van der Waals surface area (Å²) in [6, 6.07) is 9.89. The van der Waals surface area contributed by atoms with Gasteiger partial charge in [-0.25, -0.2) is 0 Å². The minimum Gasteiger partial charge on any atom is -0.344 e. The number of carbonyl (C=O) groups is 1. The molecule has 15 heavy (non-hydrogen) atoms. The lowest BCUT2D eigenvalue weighted by Gasteiger charge is -2.14. The van der Waals surface area contributed by atoms with Crippen molar-refractivity contribution in [2.24, 2.45) is 0 Å². The van der Waals surface area contributed by atoms with Crippen molar-refractivity contribution in [3.05, 3.63) is 35.9 Å². The topological polar surface area (TPSA) is 29.1 Å². The average molecular weight is 199 g/mol. The van der Waals surface area contributed by atoms with Gasteiger partial charge in [-0.1, -0.05) is 36.3 Å². The van der Waals surface area contributed by atoms with Gasteiger partial charge in [-0.3, -0.25) is 4.79 Å². The molecule has 0 spiro atoms. The van der Waals surface area contributed by atoms with Gasteiger partial charge >= 0.3 is 0 Å². The Hall–Kier alpha value is -1.75. The molecule has 2 nitrogen and oxygen atoms in total. The van der Waals surface area contributed by atoms with Gasteiger partial charge in [0.1, 0.15) is 0 Å². The Balaban J connectivity index is 2.15. The largest absolute Gasteiger partial charge is 0.344 e. The molecule has 76 valence electrons. The maximum absolute atomic E-state index is 11.9. The van der Waals surface area contributed by atoms with E-state index in [9.17, 15) is 4.79 Å². The van der Waals surface area contributed by atoms with Crippen LogP contribution in [0.15, 0.2) is 30.3 Å². The second-order valence-corrected chi connectivity index (χ2v) is 3.83. The molecule has 0 heterocycles. The molecule has 1 amide bonds. The molecule has 1 aliphatic rings. The Morgan fingerprint density at radius 1 is 1.40 bits per heavy atom. The lowest BCUT2D eigenvalue weighted by Crippen LogP contribution is -2.34. The fourth-order valence-electron chi connectivity index (χ4n) is 1.83. The van der Waals surface area contributed by atoms with E-state index in [4.69, 9.17) is 6.42 Å². The predicted molar refractivity (Wildman–Crippen MR) is 59.2 cm³/mol. The van der Waals surface area contributed by atoms with Gasteiger partial charge < -0.3 is 5.32 Å². The van der Waals surface area contributed by atoms with Crippen LogP contribution >= 0.6 is 0 Å². The zero-order valence-electron chi connectivity index (χ0n) is 8.49. The van der Waals surface area contributed by atoms with Crippen molar-refractivity contribution in [2.75, 3.05) is 6.54 Å². The molecule has 1 fully saturated rings. The van der Waals surface area contributed by atoms with Crippen LogP contribution in [0.3, 0.4) is 0 Å². The molecular weight excluding hydrogens is 186 g/mol. The van der Waals surface area contributed by atoms with Crippen LogP contribution in [0.1, 0.15) is 18.4 Å². The van der Waals surface area contributed by atoms with Gasteiger partial charge in [0.2, 0.25) is 5.91 Å². The molecule has 1 aromatic rings. The maximum atomic E-state index is 11.9. The summed E-state index contributed by atoms with van der Waals surface area (Å²) >= 11 is 0. The number of benzene rings is 1. The molecule has 0 unspecified atom stereocenters.